The summed E-state index contributed by atoms with van der Waals surface area (Å²) in [6.07, 6.45) is 0. The molecule has 0 aromatic heterocycles. The molecule has 0 amide bonds. The molecule has 0 unspecified atom stereocenters. The molecule has 0 aliphatic heterocycles. The van der Waals surface area contributed by atoms with Crippen LogP contribution in [0.5, 0.6) is 0 Å². The highest BCUT2D eigenvalue weighted by atomic mass is 79.9. The topological polar surface area (TPSA) is 20.2 Å². The first-order valence-electron chi connectivity index (χ1n) is 3.69. The summed E-state index contributed by atoms with van der Waals surface area (Å²) in [6, 6.07) is 7.61. The number of hydrogen-bond donors (Lipinski definition) is 1. The molecule has 0 radical (unpaired) electrons. The van der Waals surface area contributed by atoms with Crippen LogP contribution in [0, 0.1) is 0 Å². The van der Waals surface area contributed by atoms with Crippen molar-refractivity contribution in [3.8, 4) is 0 Å². The summed E-state index contributed by atoms with van der Waals surface area (Å²) in [4.78, 5) is 0. The monoisotopic (exact) mass is 216 g/mol. The van der Waals surface area contributed by atoms with Gasteiger partial charge in [0.05, 0.1) is 6.61 Å². The molecule has 62 valence electrons. The van der Waals surface area contributed by atoms with Crippen molar-refractivity contribution in [3.63, 3.8) is 0 Å². The van der Waals surface area contributed by atoms with Gasteiger partial charge in [0.1, 0.15) is 0 Å². The standard InChI is InChI=1S/C7H7BrO.C2H6/c8-7-4-2-1-3-6(7)5-9;1-2/h1-4,9H,5H2;1-2H3. The van der Waals surface area contributed by atoms with Crippen LogP contribution in [0.15, 0.2) is 28.7 Å². The van der Waals surface area contributed by atoms with Gasteiger partial charge in [-0.2, -0.15) is 0 Å². The lowest BCUT2D eigenvalue weighted by Crippen LogP contribution is -1.81. The molecular weight excluding hydrogens is 204 g/mol. The smallest absolute Gasteiger partial charge is 0.0692 e. The van der Waals surface area contributed by atoms with Gasteiger partial charge in [-0.05, 0) is 11.6 Å². The van der Waals surface area contributed by atoms with E-state index in [1.54, 1.807) is 0 Å². The van der Waals surface area contributed by atoms with Gasteiger partial charge < -0.3 is 5.11 Å². The van der Waals surface area contributed by atoms with E-state index < -0.39 is 0 Å². The summed E-state index contributed by atoms with van der Waals surface area (Å²) < 4.78 is 0.965. The van der Waals surface area contributed by atoms with Crippen molar-refractivity contribution in [1.29, 1.82) is 0 Å². The maximum Gasteiger partial charge on any atom is 0.0692 e. The lowest BCUT2D eigenvalue weighted by atomic mass is 10.2. The molecule has 1 aromatic carbocycles. The maximum absolute atomic E-state index is 8.69. The van der Waals surface area contributed by atoms with E-state index in [1.165, 1.54) is 0 Å². The lowest BCUT2D eigenvalue weighted by molar-refractivity contribution is 0.281. The van der Waals surface area contributed by atoms with Crippen LogP contribution in [0.1, 0.15) is 19.4 Å². The van der Waals surface area contributed by atoms with Crippen LogP contribution < -0.4 is 0 Å². The highest BCUT2D eigenvalue weighted by Gasteiger charge is 1.92. The molecule has 1 aromatic rings. The van der Waals surface area contributed by atoms with Crippen molar-refractivity contribution < 1.29 is 5.11 Å². The van der Waals surface area contributed by atoms with E-state index in [9.17, 15) is 0 Å². The van der Waals surface area contributed by atoms with E-state index in [-0.39, 0.29) is 6.61 Å². The third-order valence-electron chi connectivity index (χ3n) is 1.13. The number of aliphatic hydroxyl groups excluding tert-OH is 1. The summed E-state index contributed by atoms with van der Waals surface area (Å²) in [5.41, 5.74) is 0.928. The minimum absolute atomic E-state index is 0.0986. The number of hydrogen-bond acceptors (Lipinski definition) is 1. The number of rotatable bonds is 1. The highest BCUT2D eigenvalue weighted by Crippen LogP contribution is 2.14. The molecular formula is C9H13BrO. The molecule has 0 atom stereocenters. The van der Waals surface area contributed by atoms with Crippen LogP contribution in [-0.2, 0) is 6.61 Å². The Hall–Kier alpha value is -0.340. The summed E-state index contributed by atoms with van der Waals surface area (Å²) in [5, 5.41) is 8.69. The second kappa shape index (κ2) is 6.38. The Balaban J connectivity index is 0.000000461. The Labute approximate surface area is 76.2 Å². The first kappa shape index (κ1) is 10.7. The van der Waals surface area contributed by atoms with Gasteiger partial charge in [-0.1, -0.05) is 48.0 Å². The van der Waals surface area contributed by atoms with Crippen molar-refractivity contribution >= 4 is 15.9 Å². The predicted molar refractivity (Wildman–Crippen MR) is 51.4 cm³/mol. The SMILES string of the molecule is CC.OCc1ccccc1Br. The van der Waals surface area contributed by atoms with Crippen molar-refractivity contribution in [3.05, 3.63) is 34.3 Å². The molecule has 0 heterocycles. The van der Waals surface area contributed by atoms with Gasteiger partial charge in [-0.15, -0.1) is 0 Å². The zero-order chi connectivity index (χ0) is 8.69. The van der Waals surface area contributed by atoms with Gasteiger partial charge in [0.15, 0.2) is 0 Å². The average molecular weight is 217 g/mol. The van der Waals surface area contributed by atoms with E-state index >= 15 is 0 Å². The summed E-state index contributed by atoms with van der Waals surface area (Å²) >= 11 is 3.30. The van der Waals surface area contributed by atoms with Gasteiger partial charge in [-0.3, -0.25) is 0 Å². The number of benzene rings is 1. The fraction of sp³-hybridized carbons (Fsp3) is 0.333. The van der Waals surface area contributed by atoms with Crippen LogP contribution in [0.25, 0.3) is 0 Å². The fourth-order valence-corrected chi connectivity index (χ4v) is 1.04. The van der Waals surface area contributed by atoms with Crippen molar-refractivity contribution in [2.24, 2.45) is 0 Å². The average Bonchev–Trinajstić information content (AvgIpc) is 2.09. The molecule has 0 aliphatic rings. The number of aliphatic hydroxyl groups is 1. The van der Waals surface area contributed by atoms with Crippen molar-refractivity contribution in [2.75, 3.05) is 0 Å². The molecule has 0 spiro atoms. The van der Waals surface area contributed by atoms with E-state index in [1.807, 2.05) is 38.1 Å². The minimum Gasteiger partial charge on any atom is -0.392 e. The van der Waals surface area contributed by atoms with Gasteiger partial charge in [0, 0.05) is 4.47 Å². The molecule has 2 heteroatoms. The molecule has 1 nitrogen and oxygen atoms in total. The van der Waals surface area contributed by atoms with Crippen LogP contribution in [0.3, 0.4) is 0 Å². The third-order valence-corrected chi connectivity index (χ3v) is 1.90. The summed E-state index contributed by atoms with van der Waals surface area (Å²) in [7, 11) is 0. The zero-order valence-corrected chi connectivity index (χ0v) is 8.43. The van der Waals surface area contributed by atoms with Gasteiger partial charge in [0.2, 0.25) is 0 Å². The molecule has 0 aliphatic carbocycles. The molecule has 0 bridgehead atoms. The van der Waals surface area contributed by atoms with Gasteiger partial charge >= 0.3 is 0 Å². The molecule has 1 N–H and O–H groups in total. The Morgan fingerprint density at radius 1 is 1.27 bits per heavy atom. The molecule has 0 saturated carbocycles. The van der Waals surface area contributed by atoms with Crippen LogP contribution in [0.4, 0.5) is 0 Å². The van der Waals surface area contributed by atoms with Crippen LogP contribution >= 0.6 is 15.9 Å². The molecule has 0 fully saturated rings. The van der Waals surface area contributed by atoms with Crippen molar-refractivity contribution in [1.82, 2.24) is 0 Å². The first-order valence-corrected chi connectivity index (χ1v) is 4.48. The molecule has 1 rings (SSSR count). The minimum atomic E-state index is 0.0986. The fourth-order valence-electron chi connectivity index (χ4n) is 0.627. The van der Waals surface area contributed by atoms with Crippen LogP contribution in [-0.4, -0.2) is 5.11 Å². The molecule has 11 heavy (non-hydrogen) atoms. The van der Waals surface area contributed by atoms with Gasteiger partial charge in [0.25, 0.3) is 0 Å². The summed E-state index contributed by atoms with van der Waals surface area (Å²) in [5.74, 6) is 0. The van der Waals surface area contributed by atoms with Crippen LogP contribution in [0.2, 0.25) is 0 Å². The second-order valence-electron chi connectivity index (χ2n) is 1.75. The van der Waals surface area contributed by atoms with E-state index in [0.29, 0.717) is 0 Å². The quantitative estimate of drug-likeness (QED) is 0.766. The second-order valence-corrected chi connectivity index (χ2v) is 2.60. The number of halogens is 1. The zero-order valence-electron chi connectivity index (χ0n) is 6.84. The largest absolute Gasteiger partial charge is 0.392 e. The Bertz CT molecular complexity index is 199. The normalized spacial score (nSPS) is 8.36. The van der Waals surface area contributed by atoms with E-state index in [4.69, 9.17) is 5.11 Å². The van der Waals surface area contributed by atoms with E-state index in [0.717, 1.165) is 10.0 Å². The van der Waals surface area contributed by atoms with E-state index in [2.05, 4.69) is 15.9 Å². The Kier molecular flexibility index (Phi) is 6.18. The lowest BCUT2D eigenvalue weighted by Gasteiger charge is -1.96. The highest BCUT2D eigenvalue weighted by molar-refractivity contribution is 9.10. The maximum atomic E-state index is 8.69. The third kappa shape index (κ3) is 3.54. The summed E-state index contributed by atoms with van der Waals surface area (Å²) in [6.45, 7) is 4.10. The predicted octanol–water partition coefficient (Wildman–Crippen LogP) is 2.97. The Morgan fingerprint density at radius 3 is 2.18 bits per heavy atom. The molecule has 0 saturated heterocycles. The van der Waals surface area contributed by atoms with Gasteiger partial charge in [-0.25, -0.2) is 0 Å². The Morgan fingerprint density at radius 2 is 1.82 bits per heavy atom. The first-order chi connectivity index (χ1) is 5.34. The van der Waals surface area contributed by atoms with Crippen molar-refractivity contribution in [2.45, 2.75) is 20.5 Å².